The Hall–Kier alpha value is -3.22. The number of urea groups is 1. The second-order valence-electron chi connectivity index (χ2n) is 7.73. The fourth-order valence-corrected chi connectivity index (χ4v) is 4.05. The van der Waals surface area contributed by atoms with Crippen molar-refractivity contribution >= 4 is 17.8 Å². The van der Waals surface area contributed by atoms with Crippen LogP contribution in [0.15, 0.2) is 48.5 Å². The van der Waals surface area contributed by atoms with Crippen LogP contribution < -0.4 is 5.32 Å². The largest absolute Gasteiger partial charge is 0.340 e. The summed E-state index contributed by atoms with van der Waals surface area (Å²) in [5.41, 5.74) is 2.03. The van der Waals surface area contributed by atoms with Gasteiger partial charge in [-0.25, -0.2) is 9.18 Å². The van der Waals surface area contributed by atoms with Gasteiger partial charge < -0.3 is 10.2 Å². The lowest BCUT2D eigenvalue weighted by atomic mass is 9.78. The summed E-state index contributed by atoms with van der Waals surface area (Å²) in [6, 6.07) is 13.2. The van der Waals surface area contributed by atoms with Crippen molar-refractivity contribution in [3.8, 4) is 0 Å². The number of fused-ring (bicyclic) bond motifs is 1. The van der Waals surface area contributed by atoms with E-state index in [4.69, 9.17) is 0 Å². The maximum absolute atomic E-state index is 13.1. The fraction of sp³-hybridized carbons (Fsp3) is 0.318. The molecule has 150 valence electrons. The van der Waals surface area contributed by atoms with E-state index in [1.807, 2.05) is 24.3 Å². The number of rotatable bonds is 4. The fourth-order valence-electron chi connectivity index (χ4n) is 4.05. The highest BCUT2D eigenvalue weighted by Crippen LogP contribution is 2.33. The van der Waals surface area contributed by atoms with E-state index >= 15 is 0 Å². The molecule has 1 aliphatic carbocycles. The SMILES string of the molecule is CN(Cc1ccc(F)cc1)C(=O)CN1C(=O)NC2(CCc3ccccc3C2)C1=O. The van der Waals surface area contributed by atoms with E-state index in [0.717, 1.165) is 16.0 Å². The van der Waals surface area contributed by atoms with Crippen LogP contribution in [0.25, 0.3) is 0 Å². The van der Waals surface area contributed by atoms with Crippen molar-refractivity contribution in [3.63, 3.8) is 0 Å². The molecule has 6 nitrogen and oxygen atoms in total. The monoisotopic (exact) mass is 395 g/mol. The summed E-state index contributed by atoms with van der Waals surface area (Å²) in [6.45, 7) is -0.0486. The first-order valence-electron chi connectivity index (χ1n) is 9.57. The summed E-state index contributed by atoms with van der Waals surface area (Å²) >= 11 is 0. The van der Waals surface area contributed by atoms with E-state index < -0.39 is 11.6 Å². The summed E-state index contributed by atoms with van der Waals surface area (Å²) < 4.78 is 13.0. The van der Waals surface area contributed by atoms with Gasteiger partial charge in [-0.3, -0.25) is 14.5 Å². The third kappa shape index (κ3) is 3.60. The normalized spacial score (nSPS) is 20.6. The van der Waals surface area contributed by atoms with Gasteiger partial charge in [-0.2, -0.15) is 0 Å². The Morgan fingerprint density at radius 3 is 2.55 bits per heavy atom. The van der Waals surface area contributed by atoms with Crippen LogP contribution in [0.2, 0.25) is 0 Å². The van der Waals surface area contributed by atoms with Crippen molar-refractivity contribution in [2.45, 2.75) is 31.3 Å². The number of hydrogen-bond donors (Lipinski definition) is 1. The number of nitrogens with zero attached hydrogens (tertiary/aromatic N) is 2. The molecule has 2 aromatic rings. The molecule has 4 amide bonds. The summed E-state index contributed by atoms with van der Waals surface area (Å²) in [5, 5.41) is 2.84. The number of halogens is 1. The van der Waals surface area contributed by atoms with Crippen LogP contribution in [0.1, 0.15) is 23.1 Å². The third-order valence-corrected chi connectivity index (χ3v) is 5.73. The summed E-state index contributed by atoms with van der Waals surface area (Å²) in [4.78, 5) is 40.6. The number of aryl methyl sites for hydroxylation is 1. The van der Waals surface area contributed by atoms with Crippen LogP contribution in [0, 0.1) is 5.82 Å². The first kappa shape index (κ1) is 19.1. The van der Waals surface area contributed by atoms with Gasteiger partial charge in [0.1, 0.15) is 17.9 Å². The maximum Gasteiger partial charge on any atom is 0.325 e. The van der Waals surface area contributed by atoms with E-state index in [9.17, 15) is 18.8 Å². The number of benzene rings is 2. The number of imide groups is 1. The van der Waals surface area contributed by atoms with Gasteiger partial charge in [-0.15, -0.1) is 0 Å². The molecule has 1 atom stereocenters. The Kier molecular flexibility index (Phi) is 4.82. The molecule has 0 saturated carbocycles. The van der Waals surface area contributed by atoms with Crippen molar-refractivity contribution in [2.24, 2.45) is 0 Å². The highest BCUT2D eigenvalue weighted by molar-refractivity contribution is 6.09. The zero-order chi connectivity index (χ0) is 20.6. The minimum absolute atomic E-state index is 0.265. The standard InChI is InChI=1S/C22H22FN3O3/c1-25(13-15-6-8-18(23)9-7-15)19(27)14-26-20(28)22(24-21(26)29)11-10-16-4-2-3-5-17(16)12-22/h2-9H,10-14H2,1H3,(H,24,29). The molecule has 1 heterocycles. The topological polar surface area (TPSA) is 69.7 Å². The van der Waals surface area contributed by atoms with Crippen molar-refractivity contribution in [2.75, 3.05) is 13.6 Å². The number of hydrogen-bond acceptors (Lipinski definition) is 3. The molecule has 7 heteroatoms. The van der Waals surface area contributed by atoms with Gasteiger partial charge in [-0.1, -0.05) is 36.4 Å². The Labute approximate surface area is 168 Å². The molecule has 1 N–H and O–H groups in total. The van der Waals surface area contributed by atoms with Crippen LogP contribution in [0.4, 0.5) is 9.18 Å². The lowest BCUT2D eigenvalue weighted by Crippen LogP contribution is -2.51. The highest BCUT2D eigenvalue weighted by Gasteiger charge is 2.52. The van der Waals surface area contributed by atoms with Gasteiger partial charge >= 0.3 is 6.03 Å². The number of likely N-dealkylation sites (N-methyl/N-ethyl adjacent to an activating group) is 1. The highest BCUT2D eigenvalue weighted by atomic mass is 19.1. The smallest absolute Gasteiger partial charge is 0.325 e. The van der Waals surface area contributed by atoms with Crippen LogP contribution in [-0.2, 0) is 29.0 Å². The van der Waals surface area contributed by atoms with Gasteiger partial charge in [-0.05, 0) is 41.7 Å². The van der Waals surface area contributed by atoms with Gasteiger partial charge in [0, 0.05) is 20.0 Å². The quantitative estimate of drug-likeness (QED) is 0.808. The minimum atomic E-state index is -0.971. The van der Waals surface area contributed by atoms with Crippen LogP contribution in [0.5, 0.6) is 0 Å². The molecular weight excluding hydrogens is 373 g/mol. The minimum Gasteiger partial charge on any atom is -0.340 e. The zero-order valence-electron chi connectivity index (χ0n) is 16.2. The maximum atomic E-state index is 13.1. The number of carbonyl (C=O) groups excluding carboxylic acids is 3. The van der Waals surface area contributed by atoms with Crippen molar-refractivity contribution < 1.29 is 18.8 Å². The average molecular weight is 395 g/mol. The van der Waals surface area contributed by atoms with Gasteiger partial charge in [0.05, 0.1) is 0 Å². The number of amides is 4. The molecule has 1 unspecified atom stereocenters. The molecule has 1 fully saturated rings. The molecule has 0 bridgehead atoms. The van der Waals surface area contributed by atoms with Crippen molar-refractivity contribution in [3.05, 3.63) is 71.0 Å². The number of nitrogens with one attached hydrogen (secondary N) is 1. The van der Waals surface area contributed by atoms with E-state index in [-0.39, 0.29) is 30.7 Å². The first-order chi connectivity index (χ1) is 13.9. The van der Waals surface area contributed by atoms with Crippen LogP contribution in [-0.4, -0.2) is 46.8 Å². The Balaban J connectivity index is 1.44. The average Bonchev–Trinajstić information content (AvgIpc) is 2.93. The van der Waals surface area contributed by atoms with E-state index in [2.05, 4.69) is 5.32 Å². The first-order valence-corrected chi connectivity index (χ1v) is 9.57. The second kappa shape index (κ2) is 7.31. The van der Waals surface area contributed by atoms with E-state index in [1.54, 1.807) is 19.2 Å². The molecule has 1 saturated heterocycles. The van der Waals surface area contributed by atoms with Crippen LogP contribution >= 0.6 is 0 Å². The molecule has 2 aliphatic rings. The van der Waals surface area contributed by atoms with Gasteiger partial charge in [0.2, 0.25) is 5.91 Å². The Bertz CT molecular complexity index is 976. The molecule has 29 heavy (non-hydrogen) atoms. The molecule has 0 radical (unpaired) electrons. The zero-order valence-corrected chi connectivity index (χ0v) is 16.2. The predicted octanol–water partition coefficient (Wildman–Crippen LogP) is 2.26. The van der Waals surface area contributed by atoms with Crippen LogP contribution in [0.3, 0.4) is 0 Å². The third-order valence-electron chi connectivity index (χ3n) is 5.73. The molecule has 2 aromatic carbocycles. The molecular formula is C22H22FN3O3. The summed E-state index contributed by atoms with van der Waals surface area (Å²) in [7, 11) is 1.59. The van der Waals surface area contributed by atoms with E-state index in [0.29, 0.717) is 19.3 Å². The molecule has 1 spiro atoms. The van der Waals surface area contributed by atoms with Crippen molar-refractivity contribution in [1.29, 1.82) is 0 Å². The Morgan fingerprint density at radius 1 is 1.14 bits per heavy atom. The molecule has 1 aliphatic heterocycles. The molecule has 0 aromatic heterocycles. The van der Waals surface area contributed by atoms with Gasteiger partial charge in [0.25, 0.3) is 5.91 Å². The number of carbonyl (C=O) groups is 3. The van der Waals surface area contributed by atoms with Crippen molar-refractivity contribution in [1.82, 2.24) is 15.1 Å². The lowest BCUT2D eigenvalue weighted by Gasteiger charge is -2.32. The Morgan fingerprint density at radius 2 is 1.83 bits per heavy atom. The molecule has 4 rings (SSSR count). The second-order valence-corrected chi connectivity index (χ2v) is 7.73. The lowest BCUT2D eigenvalue weighted by molar-refractivity contribution is -0.138. The summed E-state index contributed by atoms with van der Waals surface area (Å²) in [5.74, 6) is -1.05. The van der Waals surface area contributed by atoms with E-state index in [1.165, 1.54) is 22.6 Å². The summed E-state index contributed by atoms with van der Waals surface area (Å²) in [6.07, 6.45) is 1.66. The predicted molar refractivity (Wildman–Crippen MR) is 104 cm³/mol. The van der Waals surface area contributed by atoms with Gasteiger partial charge in [0.15, 0.2) is 0 Å².